The number of halogens is 1. The molecule has 1 aliphatic heterocycles. The third-order valence-corrected chi connectivity index (χ3v) is 5.59. The zero-order valence-electron chi connectivity index (χ0n) is 14.8. The third kappa shape index (κ3) is 6.90. The van der Waals surface area contributed by atoms with Crippen LogP contribution in [-0.2, 0) is 16.1 Å². The van der Waals surface area contributed by atoms with E-state index in [9.17, 15) is 9.59 Å². The van der Waals surface area contributed by atoms with Crippen molar-refractivity contribution in [3.63, 3.8) is 0 Å². The fraction of sp³-hybridized carbons (Fsp3) is 0.579. The van der Waals surface area contributed by atoms with Crippen molar-refractivity contribution in [2.24, 2.45) is 5.92 Å². The van der Waals surface area contributed by atoms with E-state index >= 15 is 0 Å². The Labute approximate surface area is 159 Å². The Balaban J connectivity index is 1.70. The summed E-state index contributed by atoms with van der Waals surface area (Å²) in [6, 6.07) is 7.54. The lowest BCUT2D eigenvalue weighted by Crippen LogP contribution is -2.40. The molecular weight excluding hydrogens is 356 g/mol. The zero-order chi connectivity index (χ0) is 18.1. The lowest BCUT2D eigenvalue weighted by atomic mass is 9.93. The van der Waals surface area contributed by atoms with Crippen LogP contribution in [0.3, 0.4) is 0 Å². The highest BCUT2D eigenvalue weighted by Crippen LogP contribution is 2.22. The van der Waals surface area contributed by atoms with Crippen molar-refractivity contribution in [3.8, 4) is 0 Å². The average Bonchev–Trinajstić information content (AvgIpc) is 2.64. The molecule has 0 saturated carbocycles. The molecule has 0 spiro atoms. The van der Waals surface area contributed by atoms with Crippen LogP contribution in [0.2, 0.25) is 5.02 Å². The summed E-state index contributed by atoms with van der Waals surface area (Å²) in [6.45, 7) is 2.12. The maximum Gasteiger partial charge on any atom is 0.223 e. The first-order chi connectivity index (χ1) is 12.1. The number of rotatable bonds is 8. The highest BCUT2D eigenvalue weighted by atomic mass is 35.5. The summed E-state index contributed by atoms with van der Waals surface area (Å²) in [4.78, 5) is 26.2. The van der Waals surface area contributed by atoms with Crippen LogP contribution in [0.25, 0.3) is 0 Å². The summed E-state index contributed by atoms with van der Waals surface area (Å²) in [5, 5.41) is 3.61. The van der Waals surface area contributed by atoms with Crippen molar-refractivity contribution in [1.82, 2.24) is 10.2 Å². The van der Waals surface area contributed by atoms with Crippen LogP contribution in [-0.4, -0.2) is 41.8 Å². The number of hydrogen-bond donors (Lipinski definition) is 1. The molecule has 0 aromatic heterocycles. The summed E-state index contributed by atoms with van der Waals surface area (Å²) in [5.74, 6) is 1.61. The number of nitrogens with one attached hydrogen (secondary N) is 1. The van der Waals surface area contributed by atoms with Gasteiger partial charge in [0, 0.05) is 43.3 Å². The quantitative estimate of drug-likeness (QED) is 0.745. The van der Waals surface area contributed by atoms with Gasteiger partial charge in [0.25, 0.3) is 0 Å². The number of benzene rings is 1. The number of carbonyl (C=O) groups is 2. The van der Waals surface area contributed by atoms with Gasteiger partial charge in [0.1, 0.15) is 0 Å². The Morgan fingerprint density at radius 1 is 1.32 bits per heavy atom. The highest BCUT2D eigenvalue weighted by Gasteiger charge is 2.23. The monoisotopic (exact) mass is 382 g/mol. The Morgan fingerprint density at radius 3 is 2.88 bits per heavy atom. The molecule has 0 unspecified atom stereocenters. The summed E-state index contributed by atoms with van der Waals surface area (Å²) in [7, 11) is 0. The summed E-state index contributed by atoms with van der Waals surface area (Å²) >= 11 is 7.80. The SMILES string of the molecule is CSCCC(=O)N1CCC[C@H](CCC(=O)NCc2ccccc2Cl)C1. The molecule has 6 heteroatoms. The minimum Gasteiger partial charge on any atom is -0.352 e. The number of carbonyl (C=O) groups excluding carboxylic acids is 2. The van der Waals surface area contributed by atoms with Crippen LogP contribution in [0.4, 0.5) is 0 Å². The van der Waals surface area contributed by atoms with Crippen LogP contribution >= 0.6 is 23.4 Å². The normalized spacial score (nSPS) is 17.4. The van der Waals surface area contributed by atoms with E-state index in [1.165, 1.54) is 0 Å². The molecule has 0 bridgehead atoms. The van der Waals surface area contributed by atoms with Crippen molar-refractivity contribution in [3.05, 3.63) is 34.9 Å². The van der Waals surface area contributed by atoms with Gasteiger partial charge in [0.2, 0.25) is 11.8 Å². The standard InChI is InChI=1S/C19H27ClN2O2S/c1-25-12-10-19(24)22-11-4-5-15(14-22)8-9-18(23)21-13-16-6-2-3-7-17(16)20/h2-3,6-7,15H,4-5,8-14H2,1H3,(H,21,23)/t15-/m1/s1. The van der Waals surface area contributed by atoms with E-state index in [-0.39, 0.29) is 11.8 Å². The Morgan fingerprint density at radius 2 is 2.12 bits per heavy atom. The molecular formula is C19H27ClN2O2S. The molecule has 2 rings (SSSR count). The molecule has 4 nitrogen and oxygen atoms in total. The van der Waals surface area contributed by atoms with Gasteiger partial charge in [0.15, 0.2) is 0 Å². The van der Waals surface area contributed by atoms with Gasteiger partial charge in [0.05, 0.1) is 0 Å². The van der Waals surface area contributed by atoms with Crippen molar-refractivity contribution < 1.29 is 9.59 Å². The maximum absolute atomic E-state index is 12.2. The third-order valence-electron chi connectivity index (χ3n) is 4.61. The second kappa shape index (κ2) is 10.7. The number of amides is 2. The van der Waals surface area contributed by atoms with Crippen LogP contribution in [0.5, 0.6) is 0 Å². The summed E-state index contributed by atoms with van der Waals surface area (Å²) < 4.78 is 0. The molecule has 1 N–H and O–H groups in total. The van der Waals surface area contributed by atoms with Crippen LogP contribution in [0.15, 0.2) is 24.3 Å². The van der Waals surface area contributed by atoms with Crippen LogP contribution in [0.1, 0.15) is 37.7 Å². The molecule has 1 heterocycles. The van der Waals surface area contributed by atoms with Gasteiger partial charge in [-0.25, -0.2) is 0 Å². The molecule has 138 valence electrons. The first-order valence-corrected chi connectivity index (χ1v) is 10.6. The molecule has 2 amide bonds. The largest absolute Gasteiger partial charge is 0.352 e. The van der Waals surface area contributed by atoms with Crippen LogP contribution in [0, 0.1) is 5.92 Å². The van der Waals surface area contributed by atoms with Gasteiger partial charge < -0.3 is 10.2 Å². The first-order valence-electron chi connectivity index (χ1n) is 8.87. The van der Waals surface area contributed by atoms with E-state index in [0.29, 0.717) is 30.3 Å². The molecule has 1 aromatic rings. The molecule has 1 atom stereocenters. The average molecular weight is 383 g/mol. The van der Waals surface area contributed by atoms with E-state index in [1.54, 1.807) is 11.8 Å². The number of hydrogen-bond acceptors (Lipinski definition) is 3. The van der Waals surface area contributed by atoms with E-state index < -0.39 is 0 Å². The van der Waals surface area contributed by atoms with Gasteiger partial charge in [-0.2, -0.15) is 11.8 Å². The minimum atomic E-state index is 0.0470. The number of nitrogens with zero attached hydrogens (tertiary/aromatic N) is 1. The molecule has 1 saturated heterocycles. The Hall–Kier alpha value is -1.20. The lowest BCUT2D eigenvalue weighted by molar-refractivity contribution is -0.132. The zero-order valence-corrected chi connectivity index (χ0v) is 16.4. The Bertz CT molecular complexity index is 582. The van der Waals surface area contributed by atoms with E-state index in [2.05, 4.69) is 5.32 Å². The van der Waals surface area contributed by atoms with Gasteiger partial charge in [-0.1, -0.05) is 29.8 Å². The van der Waals surface area contributed by atoms with Crippen LogP contribution < -0.4 is 5.32 Å². The second-order valence-corrected chi connectivity index (χ2v) is 7.89. The summed E-state index contributed by atoms with van der Waals surface area (Å²) in [5.41, 5.74) is 0.931. The van der Waals surface area contributed by atoms with Gasteiger partial charge in [-0.15, -0.1) is 0 Å². The first kappa shape index (κ1) is 20.1. The molecule has 0 radical (unpaired) electrons. The predicted molar refractivity (Wildman–Crippen MR) is 105 cm³/mol. The molecule has 1 aromatic carbocycles. The van der Waals surface area contributed by atoms with Crippen molar-refractivity contribution in [1.29, 1.82) is 0 Å². The molecule has 0 aliphatic carbocycles. The topological polar surface area (TPSA) is 49.4 Å². The number of piperidine rings is 1. The van der Waals surface area contributed by atoms with Crippen molar-refractivity contribution >= 4 is 35.2 Å². The van der Waals surface area contributed by atoms with Gasteiger partial charge >= 0.3 is 0 Å². The molecule has 1 fully saturated rings. The fourth-order valence-corrected chi connectivity index (χ4v) is 3.72. The maximum atomic E-state index is 12.2. The minimum absolute atomic E-state index is 0.0470. The molecule has 25 heavy (non-hydrogen) atoms. The van der Waals surface area contributed by atoms with E-state index in [1.807, 2.05) is 35.4 Å². The van der Waals surface area contributed by atoms with E-state index in [4.69, 9.17) is 11.6 Å². The lowest BCUT2D eigenvalue weighted by Gasteiger charge is -2.32. The number of likely N-dealkylation sites (tertiary alicyclic amines) is 1. The van der Waals surface area contributed by atoms with Crippen molar-refractivity contribution in [2.45, 2.75) is 38.6 Å². The predicted octanol–water partition coefficient (Wildman–Crippen LogP) is 3.73. The molecule has 1 aliphatic rings. The highest BCUT2D eigenvalue weighted by molar-refractivity contribution is 7.98. The van der Waals surface area contributed by atoms with Gasteiger partial charge in [-0.3, -0.25) is 9.59 Å². The van der Waals surface area contributed by atoms with E-state index in [0.717, 1.165) is 43.7 Å². The fourth-order valence-electron chi connectivity index (χ4n) is 3.13. The number of thioether (sulfide) groups is 1. The van der Waals surface area contributed by atoms with Gasteiger partial charge in [-0.05, 0) is 43.1 Å². The smallest absolute Gasteiger partial charge is 0.223 e. The van der Waals surface area contributed by atoms with Crippen molar-refractivity contribution in [2.75, 3.05) is 25.1 Å². The Kier molecular flexibility index (Phi) is 8.62. The second-order valence-electron chi connectivity index (χ2n) is 6.50. The summed E-state index contributed by atoms with van der Waals surface area (Å²) in [6.07, 6.45) is 6.11.